The van der Waals surface area contributed by atoms with Gasteiger partial charge in [-0.1, -0.05) is 34.1 Å². The number of fused-ring (bicyclic) bond motifs is 1. The van der Waals surface area contributed by atoms with Crippen molar-refractivity contribution in [2.45, 2.75) is 14.9 Å². The van der Waals surface area contributed by atoms with E-state index in [4.69, 9.17) is 7.85 Å². The van der Waals surface area contributed by atoms with Crippen LogP contribution in [0.25, 0.3) is 0 Å². The predicted molar refractivity (Wildman–Crippen MR) is 53.5 cm³/mol. The molecule has 11 heavy (non-hydrogen) atoms. The van der Waals surface area contributed by atoms with Gasteiger partial charge in [0.25, 0.3) is 0 Å². The number of thioether (sulfide) groups is 1. The van der Waals surface area contributed by atoms with Crippen LogP contribution in [-0.4, -0.2) is 13.0 Å². The van der Waals surface area contributed by atoms with Crippen LogP contribution in [0, 0.1) is 0 Å². The second-order valence-corrected chi connectivity index (χ2v) is 4.73. The fourth-order valence-electron chi connectivity index (χ4n) is 1.20. The number of benzene rings is 1. The van der Waals surface area contributed by atoms with Gasteiger partial charge in [-0.25, -0.2) is 0 Å². The van der Waals surface area contributed by atoms with E-state index in [0.29, 0.717) is 4.83 Å². The molecular formula is C8H6BBrS. The van der Waals surface area contributed by atoms with E-state index in [1.165, 1.54) is 10.5 Å². The Morgan fingerprint density at radius 3 is 2.82 bits per heavy atom. The minimum atomic E-state index is 0.174. The zero-order chi connectivity index (χ0) is 7.84. The van der Waals surface area contributed by atoms with Gasteiger partial charge in [0, 0.05) is 9.72 Å². The van der Waals surface area contributed by atoms with Crippen LogP contribution in [-0.2, 0) is 0 Å². The predicted octanol–water partition coefficient (Wildman–Crippen LogP) is 2.72. The highest BCUT2D eigenvalue weighted by atomic mass is 79.9. The van der Waals surface area contributed by atoms with Gasteiger partial charge in [-0.3, -0.25) is 0 Å². The molecule has 1 aliphatic heterocycles. The van der Waals surface area contributed by atoms with Gasteiger partial charge in [0.05, 0.1) is 7.85 Å². The molecule has 1 aliphatic rings. The largest absolute Gasteiger partial charge is 0.131 e. The second-order valence-electron chi connectivity index (χ2n) is 2.52. The minimum Gasteiger partial charge on any atom is -0.131 e. The van der Waals surface area contributed by atoms with E-state index in [1.807, 2.05) is 12.1 Å². The van der Waals surface area contributed by atoms with Crippen LogP contribution in [0.2, 0.25) is 0 Å². The van der Waals surface area contributed by atoms with Gasteiger partial charge in [-0.2, -0.15) is 0 Å². The Hall–Kier alpha value is 0.115. The Labute approximate surface area is 80.3 Å². The first-order valence-electron chi connectivity index (χ1n) is 3.44. The molecule has 1 heterocycles. The Balaban J connectivity index is 2.47. The zero-order valence-electron chi connectivity index (χ0n) is 5.83. The third-order valence-corrected chi connectivity index (χ3v) is 4.35. The molecular weight excluding hydrogens is 219 g/mol. The topological polar surface area (TPSA) is 0 Å². The van der Waals surface area contributed by atoms with Crippen molar-refractivity contribution in [2.24, 2.45) is 0 Å². The number of rotatable bonds is 0. The molecule has 0 aliphatic carbocycles. The Bertz CT molecular complexity index is 277. The smallest absolute Gasteiger partial charge is 0.0871 e. The highest BCUT2D eigenvalue weighted by Crippen LogP contribution is 2.46. The van der Waals surface area contributed by atoms with Crippen molar-refractivity contribution in [3.8, 4) is 0 Å². The molecule has 0 amide bonds. The lowest BCUT2D eigenvalue weighted by Crippen LogP contribution is -2.01. The lowest BCUT2D eigenvalue weighted by atomic mass is 9.97. The van der Waals surface area contributed by atoms with Crippen molar-refractivity contribution in [3.63, 3.8) is 0 Å². The summed E-state index contributed by atoms with van der Waals surface area (Å²) in [6, 6.07) is 8.32. The van der Waals surface area contributed by atoms with Crippen LogP contribution in [0.15, 0.2) is 29.2 Å². The van der Waals surface area contributed by atoms with Gasteiger partial charge in [0.2, 0.25) is 0 Å². The standard InChI is InChI=1S/C8H6BBrS/c9-8-7(10)5-3-1-2-4-6(5)11-8/h1-4,7-8H. The summed E-state index contributed by atoms with van der Waals surface area (Å²) in [6.07, 6.45) is 0. The van der Waals surface area contributed by atoms with E-state index >= 15 is 0 Å². The van der Waals surface area contributed by atoms with Gasteiger partial charge in [-0.05, 0) is 16.8 Å². The van der Waals surface area contributed by atoms with Crippen LogP contribution in [0.3, 0.4) is 0 Å². The van der Waals surface area contributed by atoms with Gasteiger partial charge >= 0.3 is 0 Å². The number of alkyl halides is 1. The Kier molecular flexibility index (Phi) is 2.02. The third kappa shape index (κ3) is 1.25. The molecule has 2 atom stereocenters. The van der Waals surface area contributed by atoms with E-state index in [9.17, 15) is 0 Å². The first-order chi connectivity index (χ1) is 5.29. The molecule has 0 saturated heterocycles. The number of hydrogen-bond acceptors (Lipinski definition) is 1. The van der Waals surface area contributed by atoms with Gasteiger partial charge in [0.1, 0.15) is 0 Å². The van der Waals surface area contributed by atoms with E-state index in [1.54, 1.807) is 11.8 Å². The summed E-state index contributed by atoms with van der Waals surface area (Å²) in [7, 11) is 5.84. The molecule has 3 heteroatoms. The van der Waals surface area contributed by atoms with Gasteiger partial charge in [0.15, 0.2) is 0 Å². The lowest BCUT2D eigenvalue weighted by Gasteiger charge is -2.05. The maximum absolute atomic E-state index is 5.84. The van der Waals surface area contributed by atoms with Crippen molar-refractivity contribution < 1.29 is 0 Å². The van der Waals surface area contributed by atoms with Gasteiger partial charge in [-0.15, -0.1) is 11.8 Å². The summed E-state index contributed by atoms with van der Waals surface area (Å²) in [4.78, 5) is 1.63. The summed E-state index contributed by atoms with van der Waals surface area (Å²) < 4.78 is 0. The Morgan fingerprint density at radius 2 is 2.09 bits per heavy atom. The molecule has 2 rings (SSSR count). The molecule has 54 valence electrons. The van der Waals surface area contributed by atoms with Crippen molar-refractivity contribution >= 4 is 35.5 Å². The maximum atomic E-state index is 5.84. The fourth-order valence-corrected chi connectivity index (χ4v) is 3.12. The average Bonchev–Trinajstić information content (AvgIpc) is 2.30. The van der Waals surface area contributed by atoms with Crippen LogP contribution in [0.5, 0.6) is 0 Å². The molecule has 0 bridgehead atoms. The van der Waals surface area contributed by atoms with E-state index in [-0.39, 0.29) is 5.15 Å². The normalized spacial score (nSPS) is 28.5. The molecule has 2 unspecified atom stereocenters. The Morgan fingerprint density at radius 1 is 1.36 bits per heavy atom. The summed E-state index contributed by atoms with van der Waals surface area (Å²) in [6.45, 7) is 0. The molecule has 2 radical (unpaired) electrons. The number of hydrogen-bond donors (Lipinski definition) is 0. The maximum Gasteiger partial charge on any atom is 0.0871 e. The highest BCUT2D eigenvalue weighted by molar-refractivity contribution is 9.09. The third-order valence-electron chi connectivity index (χ3n) is 1.77. The summed E-state index contributed by atoms with van der Waals surface area (Å²) in [5.74, 6) is 0. The summed E-state index contributed by atoms with van der Waals surface area (Å²) >= 11 is 5.29. The monoisotopic (exact) mass is 224 g/mol. The first kappa shape index (κ1) is 7.75. The van der Waals surface area contributed by atoms with Crippen LogP contribution in [0.1, 0.15) is 10.4 Å². The average molecular weight is 225 g/mol. The first-order valence-corrected chi connectivity index (χ1v) is 5.24. The van der Waals surface area contributed by atoms with Crippen molar-refractivity contribution in [1.29, 1.82) is 0 Å². The molecule has 0 N–H and O–H groups in total. The molecule has 0 fully saturated rings. The lowest BCUT2D eigenvalue weighted by molar-refractivity contribution is 1.08. The van der Waals surface area contributed by atoms with Crippen molar-refractivity contribution in [2.75, 3.05) is 0 Å². The second kappa shape index (κ2) is 2.87. The fraction of sp³-hybridized carbons (Fsp3) is 0.250. The van der Waals surface area contributed by atoms with E-state index < -0.39 is 0 Å². The molecule has 0 nitrogen and oxygen atoms in total. The quantitative estimate of drug-likeness (QED) is 0.483. The summed E-state index contributed by atoms with van der Waals surface area (Å²) in [5.41, 5.74) is 1.32. The van der Waals surface area contributed by atoms with Gasteiger partial charge < -0.3 is 0 Å². The van der Waals surface area contributed by atoms with E-state index in [0.717, 1.165) is 0 Å². The highest BCUT2D eigenvalue weighted by Gasteiger charge is 2.26. The van der Waals surface area contributed by atoms with Crippen molar-refractivity contribution in [1.82, 2.24) is 0 Å². The molecule has 0 aromatic heterocycles. The summed E-state index contributed by atoms with van der Waals surface area (Å²) in [5, 5.41) is 0.174. The van der Waals surface area contributed by atoms with Crippen LogP contribution in [0.4, 0.5) is 0 Å². The van der Waals surface area contributed by atoms with Crippen LogP contribution < -0.4 is 0 Å². The van der Waals surface area contributed by atoms with Crippen LogP contribution >= 0.6 is 27.7 Å². The SMILES string of the molecule is [B]C1Sc2ccccc2C1Br. The van der Waals surface area contributed by atoms with E-state index in [2.05, 4.69) is 28.1 Å². The molecule has 0 spiro atoms. The molecule has 1 aromatic carbocycles. The number of halogens is 1. The van der Waals surface area contributed by atoms with Crippen molar-refractivity contribution in [3.05, 3.63) is 29.8 Å². The minimum absolute atomic E-state index is 0.174. The zero-order valence-corrected chi connectivity index (χ0v) is 8.23. The molecule has 1 aromatic rings. The molecule has 0 saturated carbocycles.